The summed E-state index contributed by atoms with van der Waals surface area (Å²) >= 11 is 0. The fourth-order valence-electron chi connectivity index (χ4n) is 7.68. The maximum absolute atomic E-state index is 13.2. The lowest BCUT2D eigenvalue weighted by Crippen LogP contribution is -2.37. The van der Waals surface area contributed by atoms with Crippen LogP contribution in [-0.2, 0) is 9.47 Å². The van der Waals surface area contributed by atoms with Crippen LogP contribution in [0.3, 0.4) is 0 Å². The first-order valence-electron chi connectivity index (χ1n) is 19.0. The average Bonchev–Trinajstić information content (AvgIpc) is 3.92. The molecule has 11 heteroatoms. The quantitative estimate of drug-likeness (QED) is 0.171. The average molecular weight is 732 g/mol. The zero-order valence-corrected chi connectivity index (χ0v) is 32.8. The van der Waals surface area contributed by atoms with Gasteiger partial charge in [0.15, 0.2) is 0 Å². The highest BCUT2D eigenvalue weighted by Crippen LogP contribution is 2.37. The minimum Gasteiger partial charge on any atom is -0.444 e. The van der Waals surface area contributed by atoms with Gasteiger partial charge >= 0.3 is 12.2 Å². The van der Waals surface area contributed by atoms with Crippen LogP contribution in [0.4, 0.5) is 9.59 Å². The lowest BCUT2D eigenvalue weighted by Gasteiger charge is -2.27. The van der Waals surface area contributed by atoms with E-state index >= 15 is 0 Å². The fourth-order valence-corrected chi connectivity index (χ4v) is 7.68. The lowest BCUT2D eigenvalue weighted by atomic mass is 9.98. The molecule has 2 fully saturated rings. The van der Waals surface area contributed by atoms with E-state index in [-0.39, 0.29) is 24.3 Å². The molecule has 3 unspecified atom stereocenters. The standard InChI is InChI=1S/C43H53N7O4/c1-42(2,3)53-40(51)49-19-9-10-36(49)38-44-24-35(47-38)33-18-17-31-21-30(15-16-32(31)22-33)28-11-13-29(14-12-28)34-23-45-39(46-34)37-20-27(25-48(7)8)26-50(37)41(52)54-43(4,5)6/h11-18,21-24,27,36-37H,9-10,19-20,25-26H2,1-8H3,(H,44,47)(H,45,46). The van der Waals surface area contributed by atoms with Gasteiger partial charge in [0.2, 0.25) is 0 Å². The van der Waals surface area contributed by atoms with E-state index < -0.39 is 11.2 Å². The van der Waals surface area contributed by atoms with Gasteiger partial charge in [-0.2, -0.15) is 0 Å². The molecule has 2 aromatic heterocycles. The van der Waals surface area contributed by atoms with Crippen molar-refractivity contribution in [3.8, 4) is 33.6 Å². The summed E-state index contributed by atoms with van der Waals surface area (Å²) in [6, 6.07) is 21.1. The van der Waals surface area contributed by atoms with Gasteiger partial charge in [0.25, 0.3) is 0 Å². The first kappa shape index (κ1) is 37.2. The Morgan fingerprint density at radius 3 is 1.85 bits per heavy atom. The second-order valence-corrected chi connectivity index (χ2v) is 17.1. The molecule has 2 amide bonds. The van der Waals surface area contributed by atoms with Gasteiger partial charge in [-0.05, 0) is 120 Å². The molecule has 0 bridgehead atoms. The highest BCUT2D eigenvalue weighted by Gasteiger charge is 2.40. The van der Waals surface area contributed by atoms with Crippen LogP contribution in [0, 0.1) is 5.92 Å². The highest BCUT2D eigenvalue weighted by atomic mass is 16.6. The summed E-state index contributed by atoms with van der Waals surface area (Å²) in [5.41, 5.74) is 5.04. The molecule has 2 aliphatic heterocycles. The van der Waals surface area contributed by atoms with Crippen molar-refractivity contribution in [3.63, 3.8) is 0 Å². The van der Waals surface area contributed by atoms with Crippen molar-refractivity contribution in [1.29, 1.82) is 0 Å². The van der Waals surface area contributed by atoms with Crippen molar-refractivity contribution in [3.05, 3.63) is 84.7 Å². The maximum Gasteiger partial charge on any atom is 0.410 e. The maximum atomic E-state index is 13.2. The van der Waals surface area contributed by atoms with Crippen LogP contribution in [0.5, 0.6) is 0 Å². The van der Waals surface area contributed by atoms with Crippen molar-refractivity contribution in [2.24, 2.45) is 5.92 Å². The third kappa shape index (κ3) is 8.31. The van der Waals surface area contributed by atoms with Crippen molar-refractivity contribution in [2.45, 2.75) is 84.1 Å². The summed E-state index contributed by atoms with van der Waals surface area (Å²) in [7, 11) is 4.12. The van der Waals surface area contributed by atoms with E-state index in [0.29, 0.717) is 19.0 Å². The van der Waals surface area contributed by atoms with Gasteiger partial charge < -0.3 is 24.3 Å². The number of hydrogen-bond acceptors (Lipinski definition) is 7. The van der Waals surface area contributed by atoms with Crippen LogP contribution in [-0.4, -0.2) is 91.8 Å². The van der Waals surface area contributed by atoms with Gasteiger partial charge in [-0.3, -0.25) is 9.80 Å². The molecule has 2 aliphatic rings. The van der Waals surface area contributed by atoms with E-state index in [4.69, 9.17) is 14.5 Å². The zero-order chi connectivity index (χ0) is 38.4. The highest BCUT2D eigenvalue weighted by molar-refractivity contribution is 5.90. The number of imidazole rings is 2. The summed E-state index contributed by atoms with van der Waals surface area (Å²) in [4.78, 5) is 48.3. The van der Waals surface area contributed by atoms with Crippen molar-refractivity contribution < 1.29 is 19.1 Å². The van der Waals surface area contributed by atoms with E-state index in [1.807, 2.05) is 58.8 Å². The Morgan fingerprint density at radius 1 is 0.722 bits per heavy atom. The minimum atomic E-state index is -0.569. The Bertz CT molecular complexity index is 2120. The molecule has 5 aromatic rings. The Labute approximate surface area is 318 Å². The summed E-state index contributed by atoms with van der Waals surface area (Å²) in [6.45, 7) is 13.5. The number of carbonyl (C=O) groups excluding carboxylic acids is 2. The van der Waals surface area contributed by atoms with Gasteiger partial charge in [0.1, 0.15) is 22.9 Å². The number of aromatic nitrogens is 4. The Hall–Kier alpha value is -5.16. The largest absolute Gasteiger partial charge is 0.444 e. The van der Waals surface area contributed by atoms with Crippen molar-refractivity contribution >= 4 is 23.0 Å². The van der Waals surface area contributed by atoms with E-state index in [9.17, 15) is 9.59 Å². The number of aromatic amines is 2. The van der Waals surface area contributed by atoms with Gasteiger partial charge in [0, 0.05) is 25.2 Å². The van der Waals surface area contributed by atoms with Crippen LogP contribution < -0.4 is 0 Å². The Balaban J connectivity index is 1.04. The van der Waals surface area contributed by atoms with Gasteiger partial charge in [-0.1, -0.05) is 48.5 Å². The number of fused-ring (bicyclic) bond motifs is 1. The first-order valence-corrected chi connectivity index (χ1v) is 19.0. The molecular formula is C43H53N7O4. The molecule has 2 N–H and O–H groups in total. The second-order valence-electron chi connectivity index (χ2n) is 17.1. The van der Waals surface area contributed by atoms with Gasteiger partial charge in [-0.15, -0.1) is 0 Å². The zero-order valence-electron chi connectivity index (χ0n) is 32.8. The molecule has 0 saturated carbocycles. The molecule has 2 saturated heterocycles. The van der Waals surface area contributed by atoms with Crippen molar-refractivity contribution in [2.75, 3.05) is 33.7 Å². The predicted molar refractivity (Wildman–Crippen MR) is 212 cm³/mol. The van der Waals surface area contributed by atoms with E-state index in [2.05, 4.69) is 94.6 Å². The van der Waals surface area contributed by atoms with E-state index in [0.717, 1.165) is 81.9 Å². The molecule has 284 valence electrons. The SMILES string of the molecule is CN(C)CC1CC(c2ncc(-c3ccc(-c4ccc5cc(-c6cnc(C7CCCN7C(=O)OC(C)(C)C)[nH]6)ccc5c4)cc3)[nH]2)N(C(=O)OC(C)(C)C)C1. The van der Waals surface area contributed by atoms with Gasteiger partial charge in [-0.25, -0.2) is 19.6 Å². The number of H-pyrrole nitrogens is 2. The van der Waals surface area contributed by atoms with Crippen LogP contribution >= 0.6 is 0 Å². The molecule has 7 rings (SSSR count). The smallest absolute Gasteiger partial charge is 0.410 e. The van der Waals surface area contributed by atoms with Crippen molar-refractivity contribution in [1.82, 2.24) is 34.6 Å². The number of rotatable bonds is 7. The molecule has 0 spiro atoms. The lowest BCUT2D eigenvalue weighted by molar-refractivity contribution is 0.0205. The predicted octanol–water partition coefficient (Wildman–Crippen LogP) is 9.22. The normalized spacial score (nSPS) is 19.2. The van der Waals surface area contributed by atoms with Gasteiger partial charge in [0.05, 0.1) is 35.9 Å². The summed E-state index contributed by atoms with van der Waals surface area (Å²) in [5, 5.41) is 2.27. The van der Waals surface area contributed by atoms with Crippen LogP contribution in [0.2, 0.25) is 0 Å². The monoisotopic (exact) mass is 731 g/mol. The molecule has 0 aliphatic carbocycles. The van der Waals surface area contributed by atoms with Crippen LogP contribution in [0.1, 0.15) is 84.5 Å². The first-order chi connectivity index (χ1) is 25.6. The second kappa shape index (κ2) is 14.6. The number of nitrogens with one attached hydrogen (secondary N) is 2. The third-order valence-corrected chi connectivity index (χ3v) is 10.0. The number of amides is 2. The number of benzene rings is 3. The summed E-state index contributed by atoms with van der Waals surface area (Å²) in [5.74, 6) is 1.90. The molecule has 11 nitrogen and oxygen atoms in total. The summed E-state index contributed by atoms with van der Waals surface area (Å²) < 4.78 is 11.4. The van der Waals surface area contributed by atoms with E-state index in [1.54, 1.807) is 4.90 Å². The molecule has 4 heterocycles. The minimum absolute atomic E-state index is 0.124. The Kier molecular flexibility index (Phi) is 10.0. The molecule has 54 heavy (non-hydrogen) atoms. The molecule has 3 atom stereocenters. The topological polar surface area (TPSA) is 120 Å². The third-order valence-electron chi connectivity index (χ3n) is 10.0. The number of carbonyl (C=O) groups is 2. The van der Waals surface area contributed by atoms with Crippen LogP contribution in [0.25, 0.3) is 44.4 Å². The number of likely N-dealkylation sites (tertiary alicyclic amines) is 2. The van der Waals surface area contributed by atoms with E-state index in [1.165, 1.54) is 0 Å². The van der Waals surface area contributed by atoms with Crippen LogP contribution in [0.15, 0.2) is 73.1 Å². The number of nitrogens with zero attached hydrogens (tertiary/aromatic N) is 5. The number of ether oxygens (including phenoxy) is 2. The Morgan fingerprint density at radius 2 is 1.24 bits per heavy atom. The molecular weight excluding hydrogens is 679 g/mol. The molecule has 3 aromatic carbocycles. The summed E-state index contributed by atoms with van der Waals surface area (Å²) in [6.07, 6.45) is 5.71. The number of hydrogen-bond donors (Lipinski definition) is 2. The fraction of sp³-hybridized carbons (Fsp3) is 0.442. The molecule has 0 radical (unpaired) electrons.